The minimum atomic E-state index is 0.655. The highest BCUT2D eigenvalue weighted by molar-refractivity contribution is 7.11. The summed E-state index contributed by atoms with van der Waals surface area (Å²) in [5, 5.41) is 7.67. The maximum atomic E-state index is 4.46. The van der Waals surface area contributed by atoms with Crippen LogP contribution in [0, 0.1) is 20.8 Å². The van der Waals surface area contributed by atoms with E-state index in [1.165, 1.54) is 4.88 Å². The van der Waals surface area contributed by atoms with Crippen LogP contribution >= 0.6 is 11.3 Å². The van der Waals surface area contributed by atoms with Gasteiger partial charge in [-0.25, -0.2) is 4.98 Å². The summed E-state index contributed by atoms with van der Waals surface area (Å²) < 4.78 is 0. The van der Waals surface area contributed by atoms with Crippen LogP contribution in [0.2, 0.25) is 0 Å². The third kappa shape index (κ3) is 4.53. The Bertz CT molecular complexity index is 633. The van der Waals surface area contributed by atoms with Gasteiger partial charge in [0, 0.05) is 17.6 Å². The molecular weight excluding hydrogens is 282 g/mol. The van der Waals surface area contributed by atoms with E-state index >= 15 is 0 Å². The average molecular weight is 303 g/mol. The molecule has 0 fully saturated rings. The van der Waals surface area contributed by atoms with Gasteiger partial charge in [0.15, 0.2) is 5.96 Å². The van der Waals surface area contributed by atoms with Crippen LogP contribution in [0.1, 0.15) is 27.0 Å². The van der Waals surface area contributed by atoms with Gasteiger partial charge in [-0.3, -0.25) is 9.98 Å². The van der Waals surface area contributed by atoms with Crippen molar-refractivity contribution in [3.05, 3.63) is 45.2 Å². The van der Waals surface area contributed by atoms with Crippen molar-refractivity contribution in [3.8, 4) is 0 Å². The van der Waals surface area contributed by atoms with Crippen molar-refractivity contribution < 1.29 is 0 Å². The van der Waals surface area contributed by atoms with Gasteiger partial charge in [0.2, 0.25) is 0 Å². The zero-order chi connectivity index (χ0) is 15.2. The van der Waals surface area contributed by atoms with Crippen molar-refractivity contribution in [2.24, 2.45) is 4.99 Å². The van der Waals surface area contributed by atoms with E-state index in [9.17, 15) is 0 Å². The molecule has 0 spiro atoms. The van der Waals surface area contributed by atoms with E-state index in [1.807, 2.05) is 39.0 Å². The van der Waals surface area contributed by atoms with Gasteiger partial charge in [0.05, 0.1) is 29.5 Å². The van der Waals surface area contributed by atoms with Crippen molar-refractivity contribution in [2.75, 3.05) is 7.05 Å². The lowest BCUT2D eigenvalue weighted by atomic mass is 10.3. The second-order valence-corrected chi connectivity index (χ2v) is 6.08. The first-order valence-electron chi connectivity index (χ1n) is 6.88. The molecule has 2 N–H and O–H groups in total. The number of hydrogen-bond donors (Lipinski definition) is 2. The SMILES string of the molecule is CN=C(NCc1cccc(C)n1)NCc1sc(C)nc1C. The molecule has 2 heterocycles. The summed E-state index contributed by atoms with van der Waals surface area (Å²) in [6.45, 7) is 7.44. The van der Waals surface area contributed by atoms with E-state index in [2.05, 4.69) is 25.6 Å². The van der Waals surface area contributed by atoms with Gasteiger partial charge in [-0.2, -0.15) is 0 Å². The molecule has 6 heteroatoms. The fourth-order valence-electron chi connectivity index (χ4n) is 1.99. The number of hydrogen-bond acceptors (Lipinski definition) is 4. The number of aliphatic imine (C=N–C) groups is 1. The summed E-state index contributed by atoms with van der Waals surface area (Å²) in [4.78, 5) is 14.4. The molecule has 0 bridgehead atoms. The van der Waals surface area contributed by atoms with E-state index < -0.39 is 0 Å². The van der Waals surface area contributed by atoms with Crippen molar-refractivity contribution in [3.63, 3.8) is 0 Å². The van der Waals surface area contributed by atoms with E-state index in [4.69, 9.17) is 0 Å². The molecule has 0 aliphatic carbocycles. The Hall–Kier alpha value is -1.95. The molecule has 0 radical (unpaired) electrons. The zero-order valence-corrected chi connectivity index (χ0v) is 13.7. The van der Waals surface area contributed by atoms with Gasteiger partial charge in [0.1, 0.15) is 0 Å². The van der Waals surface area contributed by atoms with Crippen molar-refractivity contribution in [1.82, 2.24) is 20.6 Å². The summed E-state index contributed by atoms with van der Waals surface area (Å²) in [6.07, 6.45) is 0. The van der Waals surface area contributed by atoms with Crippen LogP contribution in [-0.2, 0) is 13.1 Å². The number of thiazole rings is 1. The predicted molar refractivity (Wildman–Crippen MR) is 87.6 cm³/mol. The van der Waals surface area contributed by atoms with Crippen molar-refractivity contribution in [1.29, 1.82) is 0 Å². The van der Waals surface area contributed by atoms with Gasteiger partial charge in [0.25, 0.3) is 0 Å². The first kappa shape index (κ1) is 15.4. The normalized spacial score (nSPS) is 11.5. The first-order valence-corrected chi connectivity index (χ1v) is 7.70. The smallest absolute Gasteiger partial charge is 0.191 e. The standard InChI is InChI=1S/C15H21N5S/c1-10-6-5-7-13(19-10)8-17-15(16-4)18-9-14-11(2)20-12(3)21-14/h5-7H,8-9H2,1-4H3,(H2,16,17,18). The zero-order valence-electron chi connectivity index (χ0n) is 12.9. The molecule has 0 saturated heterocycles. The van der Waals surface area contributed by atoms with Gasteiger partial charge in [-0.1, -0.05) is 6.07 Å². The summed E-state index contributed by atoms with van der Waals surface area (Å²) in [5.74, 6) is 0.767. The quantitative estimate of drug-likeness (QED) is 0.672. The van der Waals surface area contributed by atoms with Gasteiger partial charge in [-0.15, -0.1) is 11.3 Å². The van der Waals surface area contributed by atoms with Crippen LogP contribution in [-0.4, -0.2) is 23.0 Å². The molecule has 2 rings (SSSR count). The van der Waals surface area contributed by atoms with Crippen LogP contribution < -0.4 is 10.6 Å². The maximum Gasteiger partial charge on any atom is 0.191 e. The Morgan fingerprint density at radius 3 is 2.52 bits per heavy atom. The molecule has 112 valence electrons. The third-order valence-electron chi connectivity index (χ3n) is 3.02. The number of guanidine groups is 1. The van der Waals surface area contributed by atoms with Crippen molar-refractivity contribution in [2.45, 2.75) is 33.9 Å². The van der Waals surface area contributed by atoms with Crippen LogP contribution in [0.4, 0.5) is 0 Å². The second kappa shape index (κ2) is 7.17. The van der Waals surface area contributed by atoms with Crippen LogP contribution in [0.15, 0.2) is 23.2 Å². The molecular formula is C15H21N5S. The highest BCUT2D eigenvalue weighted by Crippen LogP contribution is 2.16. The summed E-state index contributed by atoms with van der Waals surface area (Å²) in [7, 11) is 1.77. The molecule has 21 heavy (non-hydrogen) atoms. The molecule has 0 amide bonds. The summed E-state index contributed by atoms with van der Waals surface area (Å²) >= 11 is 1.71. The number of aromatic nitrogens is 2. The van der Waals surface area contributed by atoms with E-state index in [0.29, 0.717) is 6.54 Å². The predicted octanol–water partition coefficient (Wildman–Crippen LogP) is 2.33. The molecule has 0 unspecified atom stereocenters. The molecule has 2 aromatic rings. The second-order valence-electron chi connectivity index (χ2n) is 4.79. The van der Waals surface area contributed by atoms with Crippen LogP contribution in [0.25, 0.3) is 0 Å². The Kier molecular flexibility index (Phi) is 5.27. The monoisotopic (exact) mass is 303 g/mol. The third-order valence-corrected chi connectivity index (χ3v) is 4.10. The largest absolute Gasteiger partial charge is 0.351 e. The number of rotatable bonds is 4. The maximum absolute atomic E-state index is 4.46. The van der Waals surface area contributed by atoms with E-state index in [0.717, 1.165) is 34.6 Å². The number of nitrogens with zero attached hydrogens (tertiary/aromatic N) is 3. The first-order chi connectivity index (χ1) is 10.1. The van der Waals surface area contributed by atoms with E-state index in [-0.39, 0.29) is 0 Å². The van der Waals surface area contributed by atoms with Gasteiger partial charge in [-0.05, 0) is 32.9 Å². The van der Waals surface area contributed by atoms with Crippen LogP contribution in [0.3, 0.4) is 0 Å². The minimum absolute atomic E-state index is 0.655. The lowest BCUT2D eigenvalue weighted by Crippen LogP contribution is -2.36. The fourth-order valence-corrected chi connectivity index (χ4v) is 2.87. The molecule has 0 aromatic carbocycles. The molecule has 0 aliphatic rings. The summed E-state index contributed by atoms with van der Waals surface area (Å²) in [6, 6.07) is 6.01. The topological polar surface area (TPSA) is 62.2 Å². The molecule has 5 nitrogen and oxygen atoms in total. The lowest BCUT2D eigenvalue weighted by Gasteiger charge is -2.11. The number of aryl methyl sites for hydroxylation is 3. The lowest BCUT2D eigenvalue weighted by molar-refractivity contribution is 0.793. The van der Waals surface area contributed by atoms with Crippen molar-refractivity contribution >= 4 is 17.3 Å². The Morgan fingerprint density at radius 2 is 1.90 bits per heavy atom. The highest BCUT2D eigenvalue weighted by atomic mass is 32.1. The molecule has 2 aromatic heterocycles. The van der Waals surface area contributed by atoms with Crippen LogP contribution in [0.5, 0.6) is 0 Å². The molecule has 0 aliphatic heterocycles. The van der Waals surface area contributed by atoms with Gasteiger partial charge < -0.3 is 10.6 Å². The minimum Gasteiger partial charge on any atom is -0.351 e. The Balaban J connectivity index is 1.88. The Labute approximate surface area is 129 Å². The van der Waals surface area contributed by atoms with E-state index in [1.54, 1.807) is 18.4 Å². The average Bonchev–Trinajstić information content (AvgIpc) is 2.77. The van der Waals surface area contributed by atoms with Gasteiger partial charge >= 0.3 is 0 Å². The highest BCUT2D eigenvalue weighted by Gasteiger charge is 2.06. The number of pyridine rings is 1. The fraction of sp³-hybridized carbons (Fsp3) is 0.400. The Morgan fingerprint density at radius 1 is 1.14 bits per heavy atom. The molecule has 0 atom stereocenters. The number of nitrogens with one attached hydrogen (secondary N) is 2. The summed E-state index contributed by atoms with van der Waals surface area (Å²) in [5.41, 5.74) is 3.11. The molecule has 0 saturated carbocycles.